The van der Waals surface area contributed by atoms with E-state index in [0.29, 0.717) is 42.0 Å². The number of alkyl carbamates (subject to hydrolysis) is 1. The van der Waals surface area contributed by atoms with Gasteiger partial charge in [-0.05, 0) is 82.1 Å². The molecule has 1 saturated heterocycles. The lowest BCUT2D eigenvalue weighted by Crippen LogP contribution is -2.65. The Kier molecular flexibility index (Phi) is 10.2. The molecular weight excluding hydrogens is 549 g/mol. The summed E-state index contributed by atoms with van der Waals surface area (Å²) in [7, 11) is 0. The minimum atomic E-state index is -4.60. The van der Waals surface area contributed by atoms with Gasteiger partial charge in [-0.1, -0.05) is 36.9 Å². The number of amides is 2. The summed E-state index contributed by atoms with van der Waals surface area (Å²) >= 11 is 6.19. The van der Waals surface area contributed by atoms with Crippen LogP contribution >= 0.6 is 11.6 Å². The van der Waals surface area contributed by atoms with Crippen molar-refractivity contribution in [2.75, 3.05) is 6.54 Å². The van der Waals surface area contributed by atoms with Crippen LogP contribution in [0.15, 0.2) is 18.2 Å². The number of primary amides is 1. The standard InChI is InChI=1S/C28H40ClF3N4O4/c1-26(2,3)40-25(39)35-22(17-8-5-4-6-9-17)23(37)27(24(34)38)12-7-13-36(27)16-19-14-20(29)11-10-18(19)15-21(33)28(30,31)32/h10-11,14,17,21-22H,4-9,12-13,15-16,33H2,1-3H3,(H2,34,38)(H,35,39)/t21?,22-,27-/m1/s1. The molecule has 224 valence electrons. The quantitative estimate of drug-likeness (QED) is 0.361. The summed E-state index contributed by atoms with van der Waals surface area (Å²) in [5, 5.41) is 3.03. The molecule has 3 atom stereocenters. The zero-order valence-electron chi connectivity index (χ0n) is 23.3. The Morgan fingerprint density at radius 1 is 1.12 bits per heavy atom. The van der Waals surface area contributed by atoms with Crippen LogP contribution in [0, 0.1) is 5.92 Å². The van der Waals surface area contributed by atoms with E-state index in [2.05, 4.69) is 5.32 Å². The van der Waals surface area contributed by atoms with Crippen LogP contribution in [0.25, 0.3) is 0 Å². The van der Waals surface area contributed by atoms with Crippen LogP contribution in [-0.2, 0) is 27.3 Å². The van der Waals surface area contributed by atoms with Gasteiger partial charge in [0.05, 0.1) is 6.04 Å². The van der Waals surface area contributed by atoms with Gasteiger partial charge in [0.15, 0.2) is 11.3 Å². The SMILES string of the molecule is CC(C)(C)OC(=O)N[C@@H](C(=O)[C@@]1(C(N)=O)CCCN1Cc1cc(Cl)ccc1CC(N)C(F)(F)F)C1CCCCC1. The van der Waals surface area contributed by atoms with E-state index in [4.69, 9.17) is 27.8 Å². The molecule has 12 heteroatoms. The molecule has 40 heavy (non-hydrogen) atoms. The van der Waals surface area contributed by atoms with Crippen molar-refractivity contribution < 1.29 is 32.3 Å². The molecular formula is C28H40ClF3N4O4. The third-order valence-corrected chi connectivity index (χ3v) is 8.02. The third kappa shape index (κ3) is 7.67. The number of hydrogen-bond donors (Lipinski definition) is 3. The first-order valence-corrected chi connectivity index (χ1v) is 14.1. The van der Waals surface area contributed by atoms with Gasteiger partial charge in [0, 0.05) is 18.1 Å². The average molecular weight is 589 g/mol. The van der Waals surface area contributed by atoms with E-state index in [1.54, 1.807) is 25.7 Å². The number of hydrogen-bond acceptors (Lipinski definition) is 6. The van der Waals surface area contributed by atoms with Crippen molar-refractivity contribution in [1.82, 2.24) is 10.2 Å². The first-order valence-electron chi connectivity index (χ1n) is 13.7. The number of benzene rings is 1. The normalized spacial score (nSPS) is 22.5. The lowest BCUT2D eigenvalue weighted by molar-refractivity contribution is -0.147. The van der Waals surface area contributed by atoms with Gasteiger partial charge >= 0.3 is 12.3 Å². The van der Waals surface area contributed by atoms with Gasteiger partial charge in [-0.3, -0.25) is 14.5 Å². The van der Waals surface area contributed by atoms with Crippen molar-refractivity contribution in [3.8, 4) is 0 Å². The van der Waals surface area contributed by atoms with E-state index in [-0.39, 0.29) is 18.9 Å². The van der Waals surface area contributed by atoms with Crippen LogP contribution in [0.2, 0.25) is 5.02 Å². The summed E-state index contributed by atoms with van der Waals surface area (Å²) in [6.45, 7) is 5.39. The molecule has 5 N–H and O–H groups in total. The molecule has 0 bridgehead atoms. The van der Waals surface area contributed by atoms with E-state index in [9.17, 15) is 27.6 Å². The number of nitrogens with one attached hydrogen (secondary N) is 1. The Morgan fingerprint density at radius 3 is 2.35 bits per heavy atom. The monoisotopic (exact) mass is 588 g/mol. The average Bonchev–Trinajstić information content (AvgIpc) is 3.27. The Hall–Kier alpha value is -2.37. The van der Waals surface area contributed by atoms with Crippen LogP contribution < -0.4 is 16.8 Å². The van der Waals surface area contributed by atoms with E-state index < -0.39 is 53.6 Å². The summed E-state index contributed by atoms with van der Waals surface area (Å²) in [5.74, 6) is -1.60. The van der Waals surface area contributed by atoms with Gasteiger partial charge in [0.1, 0.15) is 11.6 Å². The second-order valence-corrected chi connectivity index (χ2v) is 12.3. The molecule has 2 aliphatic rings. The number of carbonyl (C=O) groups is 3. The number of halogens is 4. The first kappa shape index (κ1) is 32.1. The molecule has 2 fully saturated rings. The largest absolute Gasteiger partial charge is 0.444 e. The molecule has 8 nitrogen and oxygen atoms in total. The number of carbonyl (C=O) groups excluding carboxylic acids is 3. The van der Waals surface area contributed by atoms with Gasteiger partial charge in [0.2, 0.25) is 5.91 Å². The molecule has 1 aromatic rings. The third-order valence-electron chi connectivity index (χ3n) is 7.79. The van der Waals surface area contributed by atoms with Gasteiger partial charge in [-0.2, -0.15) is 13.2 Å². The predicted octanol–water partition coefficient (Wildman–Crippen LogP) is 4.63. The van der Waals surface area contributed by atoms with Crippen molar-refractivity contribution in [2.45, 2.75) is 108 Å². The number of rotatable bonds is 9. The Bertz CT molecular complexity index is 1090. The molecule has 3 rings (SSSR count). The van der Waals surface area contributed by atoms with Crippen molar-refractivity contribution >= 4 is 29.4 Å². The van der Waals surface area contributed by atoms with E-state index in [0.717, 1.165) is 19.3 Å². The van der Waals surface area contributed by atoms with E-state index >= 15 is 0 Å². The fourth-order valence-electron chi connectivity index (χ4n) is 5.82. The molecule has 0 spiro atoms. The van der Waals surface area contributed by atoms with Crippen LogP contribution in [0.1, 0.15) is 76.8 Å². The fraction of sp³-hybridized carbons (Fsp3) is 0.679. The molecule has 1 saturated carbocycles. The van der Waals surface area contributed by atoms with Crippen LogP contribution in [0.5, 0.6) is 0 Å². The number of nitrogens with zero attached hydrogens (tertiary/aromatic N) is 1. The van der Waals surface area contributed by atoms with Crippen LogP contribution in [0.3, 0.4) is 0 Å². The van der Waals surface area contributed by atoms with Gasteiger partial charge in [0.25, 0.3) is 0 Å². The molecule has 1 unspecified atom stereocenters. The number of ether oxygens (including phenoxy) is 1. The number of likely N-dealkylation sites (tertiary alicyclic amines) is 1. The summed E-state index contributed by atoms with van der Waals surface area (Å²) in [6.07, 6.45) is -1.14. The molecule has 0 aromatic heterocycles. The van der Waals surface area contributed by atoms with Crippen molar-refractivity contribution in [3.05, 3.63) is 34.3 Å². The first-order chi connectivity index (χ1) is 18.5. The minimum absolute atomic E-state index is 0.0427. The van der Waals surface area contributed by atoms with E-state index in [1.165, 1.54) is 18.2 Å². The molecule has 1 aliphatic heterocycles. The molecule has 0 radical (unpaired) electrons. The van der Waals surface area contributed by atoms with E-state index in [1.807, 2.05) is 0 Å². The second kappa shape index (κ2) is 12.7. The van der Waals surface area contributed by atoms with Crippen molar-refractivity contribution in [2.24, 2.45) is 17.4 Å². The molecule has 2 amide bonds. The van der Waals surface area contributed by atoms with Crippen LogP contribution in [0.4, 0.5) is 18.0 Å². The second-order valence-electron chi connectivity index (χ2n) is 11.9. The minimum Gasteiger partial charge on any atom is -0.444 e. The van der Waals surface area contributed by atoms with Gasteiger partial charge < -0.3 is 21.5 Å². The highest BCUT2D eigenvalue weighted by Gasteiger charge is 2.55. The summed E-state index contributed by atoms with van der Waals surface area (Å²) in [6, 6.07) is 1.36. The maximum atomic E-state index is 14.4. The summed E-state index contributed by atoms with van der Waals surface area (Å²) in [5.41, 5.74) is 9.52. The number of Topliss-reactive ketones (excluding diaryl/α,β-unsaturated/α-hetero) is 1. The maximum Gasteiger partial charge on any atom is 0.408 e. The van der Waals surface area contributed by atoms with Gasteiger partial charge in [-0.25, -0.2) is 4.79 Å². The van der Waals surface area contributed by atoms with Crippen LogP contribution in [-0.4, -0.2) is 58.6 Å². The van der Waals surface area contributed by atoms with Crippen molar-refractivity contribution in [1.29, 1.82) is 0 Å². The topological polar surface area (TPSA) is 128 Å². The highest BCUT2D eigenvalue weighted by atomic mass is 35.5. The number of ketones is 1. The summed E-state index contributed by atoms with van der Waals surface area (Å²) in [4.78, 5) is 41.9. The van der Waals surface area contributed by atoms with Gasteiger partial charge in [-0.15, -0.1) is 0 Å². The molecule has 1 aromatic carbocycles. The zero-order chi connectivity index (χ0) is 29.9. The highest BCUT2D eigenvalue weighted by molar-refractivity contribution is 6.30. The number of alkyl halides is 3. The highest BCUT2D eigenvalue weighted by Crippen LogP contribution is 2.37. The Balaban J connectivity index is 1.97. The zero-order valence-corrected chi connectivity index (χ0v) is 24.0. The number of nitrogens with two attached hydrogens (primary N) is 2. The fourth-order valence-corrected chi connectivity index (χ4v) is 6.02. The molecule has 1 aliphatic carbocycles. The lowest BCUT2D eigenvalue weighted by Gasteiger charge is -2.40. The summed E-state index contributed by atoms with van der Waals surface area (Å²) < 4.78 is 45.2. The smallest absolute Gasteiger partial charge is 0.408 e. The lowest BCUT2D eigenvalue weighted by atomic mass is 9.76. The Labute approximate surface area is 238 Å². The molecule has 1 heterocycles. The maximum absolute atomic E-state index is 14.4. The predicted molar refractivity (Wildman–Crippen MR) is 145 cm³/mol. The van der Waals surface area contributed by atoms with Crippen molar-refractivity contribution in [3.63, 3.8) is 0 Å². The Morgan fingerprint density at radius 2 is 1.77 bits per heavy atom.